The Morgan fingerprint density at radius 3 is 2.76 bits per heavy atom. The number of hydrogen-bond donors (Lipinski definition) is 2. The Bertz CT molecular complexity index is 472. The Labute approximate surface area is 128 Å². The zero-order valence-corrected chi connectivity index (χ0v) is 12.9. The van der Waals surface area contributed by atoms with E-state index in [1.165, 1.54) is 16.2 Å². The van der Waals surface area contributed by atoms with Crippen LogP contribution in [0.4, 0.5) is 4.79 Å². The van der Waals surface area contributed by atoms with Crippen LogP contribution in [0.1, 0.15) is 37.8 Å². The van der Waals surface area contributed by atoms with Gasteiger partial charge in [0.05, 0.1) is 17.7 Å². The average Bonchev–Trinajstić information content (AvgIpc) is 2.98. The normalized spacial score (nSPS) is 17.2. The zero-order valence-electron chi connectivity index (χ0n) is 12.1. The number of amides is 2. The van der Waals surface area contributed by atoms with E-state index in [1.54, 1.807) is 12.6 Å². The van der Waals surface area contributed by atoms with Gasteiger partial charge in [-0.05, 0) is 18.8 Å². The fraction of sp³-hybridized carbons (Fsp3) is 0.643. The third-order valence-corrected chi connectivity index (χ3v) is 4.53. The van der Waals surface area contributed by atoms with Gasteiger partial charge in [0.15, 0.2) is 0 Å². The summed E-state index contributed by atoms with van der Waals surface area (Å²) in [5, 5.41) is 13.9. The summed E-state index contributed by atoms with van der Waals surface area (Å²) in [5.41, 5.74) is 2.52. The molecule has 1 saturated carbocycles. The second-order valence-corrected chi connectivity index (χ2v) is 6.22. The summed E-state index contributed by atoms with van der Waals surface area (Å²) in [5.74, 6) is -0.912. The quantitative estimate of drug-likeness (QED) is 0.874. The van der Waals surface area contributed by atoms with Gasteiger partial charge < -0.3 is 15.3 Å². The monoisotopic (exact) mass is 311 g/mol. The summed E-state index contributed by atoms with van der Waals surface area (Å²) in [4.78, 5) is 29.2. The molecule has 21 heavy (non-hydrogen) atoms. The van der Waals surface area contributed by atoms with Crippen molar-refractivity contribution in [2.75, 3.05) is 7.05 Å². The van der Waals surface area contributed by atoms with Crippen molar-refractivity contribution in [3.05, 3.63) is 16.6 Å². The van der Waals surface area contributed by atoms with Gasteiger partial charge in [0, 0.05) is 12.4 Å². The molecule has 1 atom stereocenters. The number of rotatable bonds is 5. The number of carbonyl (C=O) groups excluding carboxylic acids is 1. The molecule has 2 N–H and O–H groups in total. The number of urea groups is 1. The van der Waals surface area contributed by atoms with Crippen LogP contribution in [0.5, 0.6) is 0 Å². The van der Waals surface area contributed by atoms with E-state index >= 15 is 0 Å². The van der Waals surface area contributed by atoms with Crippen molar-refractivity contribution in [2.24, 2.45) is 5.92 Å². The minimum Gasteiger partial charge on any atom is -0.480 e. The van der Waals surface area contributed by atoms with Crippen LogP contribution in [0.3, 0.4) is 0 Å². The fourth-order valence-corrected chi connectivity index (χ4v) is 3.27. The second-order valence-electron chi connectivity index (χ2n) is 5.50. The van der Waals surface area contributed by atoms with Gasteiger partial charge >= 0.3 is 12.0 Å². The van der Waals surface area contributed by atoms with Crippen LogP contribution in [-0.2, 0) is 11.3 Å². The smallest absolute Gasteiger partial charge is 0.326 e. The topological polar surface area (TPSA) is 82.5 Å². The summed E-state index contributed by atoms with van der Waals surface area (Å²) in [6.07, 6.45) is 4.97. The molecule has 0 radical (unpaired) electrons. The van der Waals surface area contributed by atoms with Crippen LogP contribution in [-0.4, -0.2) is 40.1 Å². The standard InChI is InChI=1S/C14H21N3O3S/c1-17(7-11-8-21-9-15-11)14(20)16-12(13(18)19)10-5-3-2-4-6-10/h8-10,12H,2-7H2,1H3,(H,16,20)(H,18,19). The number of carbonyl (C=O) groups is 2. The van der Waals surface area contributed by atoms with Gasteiger partial charge in [0.2, 0.25) is 0 Å². The molecule has 1 aromatic heterocycles. The van der Waals surface area contributed by atoms with E-state index in [0.29, 0.717) is 6.54 Å². The highest BCUT2D eigenvalue weighted by Crippen LogP contribution is 2.26. The Kier molecular flexibility index (Phi) is 5.55. The number of aromatic nitrogens is 1. The molecule has 1 fully saturated rings. The van der Waals surface area contributed by atoms with Crippen molar-refractivity contribution in [1.29, 1.82) is 0 Å². The Morgan fingerprint density at radius 2 is 2.19 bits per heavy atom. The summed E-state index contributed by atoms with van der Waals surface area (Å²) in [7, 11) is 1.65. The maximum absolute atomic E-state index is 12.2. The number of carboxylic acid groups (broad SMARTS) is 1. The maximum atomic E-state index is 12.2. The number of hydrogen-bond acceptors (Lipinski definition) is 4. The van der Waals surface area contributed by atoms with Crippen molar-refractivity contribution >= 4 is 23.3 Å². The van der Waals surface area contributed by atoms with E-state index in [0.717, 1.165) is 37.8 Å². The van der Waals surface area contributed by atoms with Crippen LogP contribution < -0.4 is 5.32 Å². The van der Waals surface area contributed by atoms with Gasteiger partial charge in [0.25, 0.3) is 0 Å². The lowest BCUT2D eigenvalue weighted by Crippen LogP contribution is -2.50. The molecule has 0 aromatic carbocycles. The van der Waals surface area contributed by atoms with E-state index in [2.05, 4.69) is 10.3 Å². The molecule has 1 heterocycles. The molecular weight excluding hydrogens is 290 g/mol. The average molecular weight is 311 g/mol. The van der Waals surface area contributed by atoms with Gasteiger partial charge in [-0.15, -0.1) is 11.3 Å². The fourth-order valence-electron chi connectivity index (χ4n) is 2.72. The molecule has 7 heteroatoms. The predicted octanol–water partition coefficient (Wildman–Crippen LogP) is 2.32. The summed E-state index contributed by atoms with van der Waals surface area (Å²) in [6.45, 7) is 0.381. The van der Waals surface area contributed by atoms with Crippen LogP contribution in [0.2, 0.25) is 0 Å². The number of nitrogens with zero attached hydrogens (tertiary/aromatic N) is 2. The van der Waals surface area contributed by atoms with Crippen LogP contribution in [0.15, 0.2) is 10.9 Å². The molecule has 0 bridgehead atoms. The first kappa shape index (κ1) is 15.8. The first-order valence-corrected chi connectivity index (χ1v) is 8.13. The van der Waals surface area contributed by atoms with Crippen LogP contribution >= 0.6 is 11.3 Å². The lowest BCUT2D eigenvalue weighted by atomic mass is 9.84. The Hall–Kier alpha value is -1.63. The molecule has 0 spiro atoms. The predicted molar refractivity (Wildman–Crippen MR) is 80.1 cm³/mol. The lowest BCUT2D eigenvalue weighted by molar-refractivity contribution is -0.141. The lowest BCUT2D eigenvalue weighted by Gasteiger charge is -2.29. The zero-order chi connectivity index (χ0) is 15.2. The van der Waals surface area contributed by atoms with E-state index in [9.17, 15) is 14.7 Å². The minimum atomic E-state index is -0.947. The summed E-state index contributed by atoms with van der Waals surface area (Å²) in [6, 6.07) is -1.16. The van der Waals surface area contributed by atoms with Gasteiger partial charge in [0.1, 0.15) is 6.04 Å². The number of nitrogens with one attached hydrogen (secondary N) is 1. The molecule has 1 unspecified atom stereocenters. The van der Waals surface area contributed by atoms with Crippen LogP contribution in [0.25, 0.3) is 0 Å². The molecule has 1 aliphatic carbocycles. The van der Waals surface area contributed by atoms with Crippen molar-refractivity contribution in [1.82, 2.24) is 15.2 Å². The third kappa shape index (κ3) is 4.42. The number of aliphatic carboxylic acids is 1. The number of carboxylic acids is 1. The van der Waals surface area contributed by atoms with E-state index in [-0.39, 0.29) is 11.9 Å². The largest absolute Gasteiger partial charge is 0.480 e. The van der Waals surface area contributed by atoms with Crippen molar-refractivity contribution in [3.8, 4) is 0 Å². The molecular formula is C14H21N3O3S. The van der Waals surface area contributed by atoms with E-state index < -0.39 is 12.0 Å². The van der Waals surface area contributed by atoms with Gasteiger partial charge in [-0.25, -0.2) is 14.6 Å². The molecule has 1 aromatic rings. The van der Waals surface area contributed by atoms with Crippen molar-refractivity contribution in [2.45, 2.75) is 44.7 Å². The number of thiazole rings is 1. The molecule has 0 aliphatic heterocycles. The maximum Gasteiger partial charge on any atom is 0.326 e. The molecule has 2 amide bonds. The molecule has 2 rings (SSSR count). The second kappa shape index (κ2) is 7.40. The third-order valence-electron chi connectivity index (χ3n) is 3.90. The summed E-state index contributed by atoms with van der Waals surface area (Å²) < 4.78 is 0. The molecule has 1 aliphatic rings. The summed E-state index contributed by atoms with van der Waals surface area (Å²) >= 11 is 1.47. The van der Waals surface area contributed by atoms with Gasteiger partial charge in [-0.2, -0.15) is 0 Å². The first-order chi connectivity index (χ1) is 10.1. The van der Waals surface area contributed by atoms with Gasteiger partial charge in [-0.1, -0.05) is 19.3 Å². The Balaban J connectivity index is 1.92. The molecule has 0 saturated heterocycles. The minimum absolute atomic E-state index is 0.0351. The highest BCUT2D eigenvalue weighted by molar-refractivity contribution is 7.07. The van der Waals surface area contributed by atoms with Crippen LogP contribution in [0, 0.1) is 5.92 Å². The van der Waals surface area contributed by atoms with Crippen molar-refractivity contribution < 1.29 is 14.7 Å². The highest BCUT2D eigenvalue weighted by Gasteiger charge is 2.31. The van der Waals surface area contributed by atoms with Gasteiger partial charge in [-0.3, -0.25) is 0 Å². The Morgan fingerprint density at radius 1 is 1.48 bits per heavy atom. The SMILES string of the molecule is CN(Cc1cscn1)C(=O)NC(C(=O)O)C1CCCCC1. The van der Waals surface area contributed by atoms with E-state index in [1.807, 2.05) is 5.38 Å². The first-order valence-electron chi connectivity index (χ1n) is 7.19. The highest BCUT2D eigenvalue weighted by atomic mass is 32.1. The van der Waals surface area contributed by atoms with Crippen molar-refractivity contribution in [3.63, 3.8) is 0 Å². The molecule has 116 valence electrons. The molecule has 6 nitrogen and oxygen atoms in total. The van der Waals surface area contributed by atoms with E-state index in [4.69, 9.17) is 0 Å².